The highest BCUT2D eigenvalue weighted by molar-refractivity contribution is 14.1. The fraction of sp³-hybridized carbons (Fsp3) is 0.500. The Morgan fingerprint density at radius 3 is 2.46 bits per heavy atom. The summed E-state index contributed by atoms with van der Waals surface area (Å²) in [7, 11) is 1.57. The van der Waals surface area contributed by atoms with E-state index in [1.54, 1.807) is 20.1 Å². The first kappa shape index (κ1) is 20.8. The van der Waals surface area contributed by atoms with Gasteiger partial charge < -0.3 is 18.9 Å². The van der Waals surface area contributed by atoms with Gasteiger partial charge in [-0.15, -0.1) is 0 Å². The highest BCUT2D eigenvalue weighted by Crippen LogP contribution is 2.38. The molecule has 0 fully saturated rings. The zero-order chi connectivity index (χ0) is 18.5. The van der Waals surface area contributed by atoms with E-state index in [9.17, 15) is 4.79 Å². The highest BCUT2D eigenvalue weighted by atomic mass is 127. The highest BCUT2D eigenvalue weighted by Gasteiger charge is 2.30. The van der Waals surface area contributed by atoms with E-state index in [-0.39, 0.29) is 6.29 Å². The molecule has 1 unspecified atom stereocenters. The molecule has 1 atom stereocenters. The number of hydrogen-bond donors (Lipinski definition) is 0. The van der Waals surface area contributed by atoms with Crippen molar-refractivity contribution < 1.29 is 23.7 Å². The lowest BCUT2D eigenvalue weighted by Gasteiger charge is -2.28. The van der Waals surface area contributed by atoms with Crippen LogP contribution in [0.3, 0.4) is 0 Å². The Labute approximate surface area is 157 Å². The van der Waals surface area contributed by atoms with Crippen molar-refractivity contribution in [3.05, 3.63) is 33.4 Å². The Morgan fingerprint density at radius 1 is 1.33 bits per heavy atom. The van der Waals surface area contributed by atoms with Crippen LogP contribution in [0, 0.1) is 3.57 Å². The van der Waals surface area contributed by atoms with Crippen LogP contribution in [-0.2, 0) is 19.9 Å². The van der Waals surface area contributed by atoms with Crippen molar-refractivity contribution in [2.24, 2.45) is 0 Å². The van der Waals surface area contributed by atoms with Crippen molar-refractivity contribution >= 4 is 28.6 Å². The number of ether oxygens (including phenoxy) is 4. The second kappa shape index (κ2) is 8.71. The quantitative estimate of drug-likeness (QED) is 0.255. The van der Waals surface area contributed by atoms with E-state index in [1.807, 2.05) is 33.8 Å². The van der Waals surface area contributed by atoms with E-state index in [4.69, 9.17) is 18.9 Å². The number of halogens is 1. The first-order valence-electron chi connectivity index (χ1n) is 7.67. The smallest absolute Gasteiger partial charge is 0.333 e. The third-order valence-electron chi connectivity index (χ3n) is 3.29. The zero-order valence-electron chi connectivity index (χ0n) is 15.1. The third kappa shape index (κ3) is 5.37. The Morgan fingerprint density at radius 2 is 1.96 bits per heavy atom. The molecule has 24 heavy (non-hydrogen) atoms. The maximum atomic E-state index is 11.9. The van der Waals surface area contributed by atoms with Crippen LogP contribution in [-0.4, -0.2) is 26.0 Å². The number of hydrogen-bond acceptors (Lipinski definition) is 5. The van der Waals surface area contributed by atoms with Gasteiger partial charge in [-0.2, -0.15) is 0 Å². The van der Waals surface area contributed by atoms with Gasteiger partial charge in [-0.25, -0.2) is 4.79 Å². The summed E-state index contributed by atoms with van der Waals surface area (Å²) in [5, 5.41) is 0. The van der Waals surface area contributed by atoms with E-state index >= 15 is 0 Å². The molecule has 5 nitrogen and oxygen atoms in total. The molecule has 0 radical (unpaired) electrons. The van der Waals surface area contributed by atoms with Crippen LogP contribution in [0.25, 0.3) is 0 Å². The molecule has 0 aromatic heterocycles. The van der Waals surface area contributed by atoms with Gasteiger partial charge in [0, 0.05) is 23.8 Å². The molecule has 1 aromatic rings. The van der Waals surface area contributed by atoms with Gasteiger partial charge in [-0.05, 0) is 63.3 Å². The Kier molecular flexibility index (Phi) is 7.54. The Balaban J connectivity index is 3.18. The molecule has 1 rings (SSSR count). The molecular weight excluding hydrogens is 423 g/mol. The monoisotopic (exact) mass is 448 g/mol. The lowest BCUT2D eigenvalue weighted by atomic mass is 9.96. The van der Waals surface area contributed by atoms with Gasteiger partial charge in [-0.3, -0.25) is 0 Å². The molecule has 134 valence electrons. The van der Waals surface area contributed by atoms with Gasteiger partial charge in [0.1, 0.15) is 17.1 Å². The number of carbonyl (C=O) groups excluding carboxylic acids is 1. The average molecular weight is 448 g/mol. The summed E-state index contributed by atoms with van der Waals surface area (Å²) in [5.41, 5.74) is 0.230. The zero-order valence-corrected chi connectivity index (χ0v) is 17.2. The van der Waals surface area contributed by atoms with Crippen LogP contribution in [0.5, 0.6) is 11.5 Å². The normalized spacial score (nSPS) is 12.5. The number of methoxy groups -OCH3 is 1. The molecule has 0 amide bonds. The van der Waals surface area contributed by atoms with Gasteiger partial charge in [0.2, 0.25) is 0 Å². The number of rotatable bonds is 8. The summed E-state index contributed by atoms with van der Waals surface area (Å²) in [6.45, 7) is 13.2. The topological polar surface area (TPSA) is 54.0 Å². The van der Waals surface area contributed by atoms with Crippen LogP contribution < -0.4 is 9.47 Å². The summed E-state index contributed by atoms with van der Waals surface area (Å²) in [6.07, 6.45) is -0.367. The molecule has 0 spiro atoms. The molecule has 0 aliphatic rings. The molecule has 0 aliphatic carbocycles. The van der Waals surface area contributed by atoms with Crippen LogP contribution in [0.4, 0.5) is 0 Å². The fourth-order valence-electron chi connectivity index (χ4n) is 2.09. The van der Waals surface area contributed by atoms with Crippen LogP contribution in [0.2, 0.25) is 0 Å². The molecule has 1 aromatic carbocycles. The molecule has 6 heteroatoms. The van der Waals surface area contributed by atoms with E-state index in [0.29, 0.717) is 23.7 Å². The second-order valence-corrected chi connectivity index (χ2v) is 6.97. The van der Waals surface area contributed by atoms with Crippen LogP contribution in [0.1, 0.15) is 40.2 Å². The number of esters is 1. The first-order valence-corrected chi connectivity index (χ1v) is 8.75. The lowest BCUT2D eigenvalue weighted by molar-refractivity contribution is -0.152. The van der Waals surface area contributed by atoms with Crippen molar-refractivity contribution in [2.75, 3.05) is 13.7 Å². The first-order chi connectivity index (χ1) is 11.1. The minimum absolute atomic E-state index is 0.349. The van der Waals surface area contributed by atoms with Crippen molar-refractivity contribution in [3.8, 4) is 11.5 Å². The standard InChI is InChI=1S/C18H25IO5/c1-8-22-12(4)23-16-10-15(21-7)13(9-14(16)19)18(5,6)24-17(20)11(2)3/h9-10,12H,2,8H2,1,3-7H3. The Hall–Kier alpha value is -1.28. The number of carbonyl (C=O) groups is 1. The van der Waals surface area contributed by atoms with Crippen molar-refractivity contribution in [1.82, 2.24) is 0 Å². The maximum Gasteiger partial charge on any atom is 0.333 e. The van der Waals surface area contributed by atoms with E-state index < -0.39 is 11.6 Å². The molecule has 0 heterocycles. The summed E-state index contributed by atoms with van der Waals surface area (Å²) in [6, 6.07) is 3.67. The van der Waals surface area contributed by atoms with Gasteiger partial charge in [0.15, 0.2) is 6.29 Å². The second-order valence-electron chi connectivity index (χ2n) is 5.80. The van der Waals surface area contributed by atoms with E-state index in [2.05, 4.69) is 29.2 Å². The largest absolute Gasteiger partial charge is 0.496 e. The van der Waals surface area contributed by atoms with E-state index in [1.165, 1.54) is 0 Å². The van der Waals surface area contributed by atoms with Crippen molar-refractivity contribution in [3.63, 3.8) is 0 Å². The predicted octanol–water partition coefficient (Wildman–Crippen LogP) is 4.42. The van der Waals surface area contributed by atoms with Crippen LogP contribution >= 0.6 is 22.6 Å². The van der Waals surface area contributed by atoms with Gasteiger partial charge in [-0.1, -0.05) is 6.58 Å². The minimum atomic E-state index is -0.870. The molecule has 0 bridgehead atoms. The molecule has 0 aliphatic heterocycles. The summed E-state index contributed by atoms with van der Waals surface area (Å²) >= 11 is 2.17. The van der Waals surface area contributed by atoms with Gasteiger partial charge >= 0.3 is 5.97 Å². The fourth-order valence-corrected chi connectivity index (χ4v) is 2.68. The number of benzene rings is 1. The molecule has 0 N–H and O–H groups in total. The third-order valence-corrected chi connectivity index (χ3v) is 4.14. The van der Waals surface area contributed by atoms with Crippen molar-refractivity contribution in [1.29, 1.82) is 0 Å². The van der Waals surface area contributed by atoms with Crippen LogP contribution in [0.15, 0.2) is 24.3 Å². The average Bonchev–Trinajstić information content (AvgIpc) is 2.48. The van der Waals surface area contributed by atoms with Gasteiger partial charge in [0.25, 0.3) is 0 Å². The molecular formula is C18H25IO5. The van der Waals surface area contributed by atoms with E-state index in [0.717, 1.165) is 9.13 Å². The van der Waals surface area contributed by atoms with Gasteiger partial charge in [0.05, 0.1) is 10.7 Å². The maximum absolute atomic E-state index is 11.9. The molecule has 0 saturated carbocycles. The summed E-state index contributed by atoms with van der Waals surface area (Å²) in [5.74, 6) is 0.787. The van der Waals surface area contributed by atoms with Crippen molar-refractivity contribution in [2.45, 2.75) is 46.5 Å². The summed E-state index contributed by atoms with van der Waals surface area (Å²) in [4.78, 5) is 11.9. The Bertz CT molecular complexity index is 610. The minimum Gasteiger partial charge on any atom is -0.496 e. The molecule has 0 saturated heterocycles. The SMILES string of the molecule is C=C(C)C(=O)OC(C)(C)c1cc(I)c(OC(C)OCC)cc1OC. The predicted molar refractivity (Wildman–Crippen MR) is 101 cm³/mol. The lowest BCUT2D eigenvalue weighted by Crippen LogP contribution is -2.27. The summed E-state index contributed by atoms with van der Waals surface area (Å²) < 4.78 is 23.1.